The second kappa shape index (κ2) is 8.05. The van der Waals surface area contributed by atoms with Gasteiger partial charge in [0, 0.05) is 28.1 Å². The van der Waals surface area contributed by atoms with Crippen LogP contribution in [0.2, 0.25) is 5.02 Å². The van der Waals surface area contributed by atoms with Crippen molar-refractivity contribution < 1.29 is 19.1 Å². The monoisotopic (exact) mass is 470 g/mol. The fourth-order valence-corrected chi connectivity index (χ4v) is 4.59. The molecule has 152 valence electrons. The van der Waals surface area contributed by atoms with E-state index in [1.54, 1.807) is 17.0 Å². The van der Waals surface area contributed by atoms with Crippen molar-refractivity contribution in [1.82, 2.24) is 10.2 Å². The first-order valence-corrected chi connectivity index (χ1v) is 10.4. The van der Waals surface area contributed by atoms with E-state index in [1.165, 1.54) is 0 Å². The fraction of sp³-hybridized carbons (Fsp3) is 0.500. The van der Waals surface area contributed by atoms with Gasteiger partial charge in [-0.2, -0.15) is 0 Å². The quantitative estimate of drug-likeness (QED) is 0.719. The van der Waals surface area contributed by atoms with Crippen LogP contribution in [-0.2, 0) is 14.3 Å². The Morgan fingerprint density at radius 1 is 1.36 bits per heavy atom. The topological polar surface area (TPSA) is 67.9 Å². The number of rotatable bonds is 3. The van der Waals surface area contributed by atoms with E-state index in [0.29, 0.717) is 52.7 Å². The minimum absolute atomic E-state index is 0.00724. The van der Waals surface area contributed by atoms with Crippen LogP contribution in [0.15, 0.2) is 22.4 Å². The highest BCUT2D eigenvalue weighted by atomic mass is 79.9. The van der Waals surface area contributed by atoms with E-state index in [0.717, 1.165) is 5.56 Å². The van der Waals surface area contributed by atoms with Crippen molar-refractivity contribution in [2.75, 3.05) is 26.3 Å². The van der Waals surface area contributed by atoms with Crippen molar-refractivity contribution >= 4 is 45.1 Å². The number of ether oxygens (including phenoxy) is 2. The van der Waals surface area contributed by atoms with Gasteiger partial charge in [-0.1, -0.05) is 41.4 Å². The molecule has 0 spiro atoms. The van der Waals surface area contributed by atoms with E-state index >= 15 is 0 Å². The molecular weight excluding hydrogens is 448 g/mol. The molecule has 8 heteroatoms. The van der Waals surface area contributed by atoms with Crippen LogP contribution in [0.3, 0.4) is 0 Å². The van der Waals surface area contributed by atoms with Gasteiger partial charge >= 0.3 is 6.09 Å². The van der Waals surface area contributed by atoms with Gasteiger partial charge in [0.25, 0.3) is 5.91 Å². The largest absolute Gasteiger partial charge is 0.415 e. The van der Waals surface area contributed by atoms with Crippen LogP contribution < -0.4 is 5.32 Å². The van der Waals surface area contributed by atoms with Crippen LogP contribution in [0.25, 0.3) is 5.57 Å². The summed E-state index contributed by atoms with van der Waals surface area (Å²) in [4.78, 5) is 27.4. The maximum atomic E-state index is 13.0. The van der Waals surface area contributed by atoms with Crippen LogP contribution in [0, 0.1) is 12.8 Å². The lowest BCUT2D eigenvalue weighted by Crippen LogP contribution is -2.48. The van der Waals surface area contributed by atoms with Crippen molar-refractivity contribution in [2.24, 2.45) is 5.92 Å². The standard InChI is InChI=1S/C20H24BrClN2O4/c1-11(2)20(4)17(28-19(26)24-5-7-27-8-6-24)16(18(25)23-20)15-12(3)9-13(22)10-14(15)21/h9-11H,5-8H2,1-4H3,(H,23,25). The predicted molar refractivity (Wildman–Crippen MR) is 111 cm³/mol. The SMILES string of the molecule is Cc1cc(Cl)cc(Br)c1C1=C(OC(=O)N2CCOCC2)C(C)(C(C)C)NC1=O. The van der Waals surface area contributed by atoms with E-state index in [9.17, 15) is 9.59 Å². The van der Waals surface area contributed by atoms with Crippen molar-refractivity contribution in [3.63, 3.8) is 0 Å². The summed E-state index contributed by atoms with van der Waals surface area (Å²) >= 11 is 9.66. The lowest BCUT2D eigenvalue weighted by Gasteiger charge is -2.33. The second-order valence-electron chi connectivity index (χ2n) is 7.56. The highest BCUT2D eigenvalue weighted by Crippen LogP contribution is 2.42. The number of carbonyl (C=O) groups excluding carboxylic acids is 2. The van der Waals surface area contributed by atoms with E-state index < -0.39 is 11.6 Å². The summed E-state index contributed by atoms with van der Waals surface area (Å²) in [6.45, 7) is 9.59. The first-order chi connectivity index (χ1) is 13.1. The molecule has 1 fully saturated rings. The summed E-state index contributed by atoms with van der Waals surface area (Å²) < 4.78 is 11.9. The van der Waals surface area contributed by atoms with Crippen LogP contribution in [0.4, 0.5) is 4.79 Å². The fourth-order valence-electron chi connectivity index (χ4n) is 3.43. The third kappa shape index (κ3) is 3.80. The number of hydrogen-bond acceptors (Lipinski definition) is 4. The Kier molecular flexibility index (Phi) is 6.08. The molecule has 0 radical (unpaired) electrons. The molecule has 1 unspecified atom stereocenters. The van der Waals surface area contributed by atoms with Gasteiger partial charge in [0.1, 0.15) is 5.76 Å². The number of nitrogens with zero attached hydrogens (tertiary/aromatic N) is 1. The molecule has 1 N–H and O–H groups in total. The van der Waals surface area contributed by atoms with Gasteiger partial charge in [-0.3, -0.25) is 4.79 Å². The molecule has 1 saturated heterocycles. The summed E-state index contributed by atoms with van der Waals surface area (Å²) in [5, 5.41) is 3.58. The molecule has 0 bridgehead atoms. The number of hydrogen-bond donors (Lipinski definition) is 1. The molecule has 0 aromatic heterocycles. The van der Waals surface area contributed by atoms with E-state index in [2.05, 4.69) is 21.2 Å². The molecule has 2 heterocycles. The third-order valence-electron chi connectivity index (χ3n) is 5.41. The zero-order valence-electron chi connectivity index (χ0n) is 16.4. The molecule has 1 aromatic carbocycles. The smallest absolute Gasteiger partial charge is 0.411 e. The maximum Gasteiger partial charge on any atom is 0.415 e. The minimum atomic E-state index is -0.806. The zero-order valence-corrected chi connectivity index (χ0v) is 18.7. The molecule has 1 atom stereocenters. The lowest BCUT2D eigenvalue weighted by molar-refractivity contribution is -0.116. The number of benzene rings is 1. The van der Waals surface area contributed by atoms with Gasteiger partial charge in [0.05, 0.1) is 24.3 Å². The Balaban J connectivity index is 2.11. The Bertz CT molecular complexity index is 826. The van der Waals surface area contributed by atoms with Crippen LogP contribution in [0.1, 0.15) is 31.9 Å². The number of halogens is 2. The minimum Gasteiger partial charge on any atom is -0.411 e. The number of nitrogens with one attached hydrogen (secondary N) is 1. The van der Waals surface area contributed by atoms with Crippen molar-refractivity contribution in [2.45, 2.75) is 33.2 Å². The average Bonchev–Trinajstić information content (AvgIpc) is 2.87. The Labute approximate surface area is 178 Å². The number of amides is 2. The molecule has 0 saturated carbocycles. The summed E-state index contributed by atoms with van der Waals surface area (Å²) in [7, 11) is 0. The highest BCUT2D eigenvalue weighted by Gasteiger charge is 2.48. The van der Waals surface area contributed by atoms with Gasteiger partial charge in [-0.15, -0.1) is 0 Å². The molecule has 3 rings (SSSR count). The number of aryl methyl sites for hydroxylation is 1. The van der Waals surface area contributed by atoms with Gasteiger partial charge in [-0.25, -0.2) is 4.79 Å². The Hall–Kier alpha value is -1.57. The summed E-state index contributed by atoms with van der Waals surface area (Å²) in [6.07, 6.45) is -0.470. The molecule has 2 aliphatic rings. The highest BCUT2D eigenvalue weighted by molar-refractivity contribution is 9.10. The summed E-state index contributed by atoms with van der Waals surface area (Å²) in [5.74, 6) is 0.0787. The van der Waals surface area contributed by atoms with E-state index in [1.807, 2.05) is 27.7 Å². The second-order valence-corrected chi connectivity index (χ2v) is 8.85. The van der Waals surface area contributed by atoms with Gasteiger partial charge in [0.15, 0.2) is 0 Å². The van der Waals surface area contributed by atoms with E-state index in [-0.39, 0.29) is 11.8 Å². The summed E-state index contributed by atoms with van der Waals surface area (Å²) in [5.41, 5.74) is 1.05. The van der Waals surface area contributed by atoms with Crippen molar-refractivity contribution in [1.29, 1.82) is 0 Å². The first kappa shape index (κ1) is 21.1. The van der Waals surface area contributed by atoms with Crippen LogP contribution in [0.5, 0.6) is 0 Å². The molecule has 1 aromatic rings. The maximum absolute atomic E-state index is 13.0. The molecule has 6 nitrogen and oxygen atoms in total. The molecule has 28 heavy (non-hydrogen) atoms. The zero-order chi connectivity index (χ0) is 20.6. The summed E-state index contributed by atoms with van der Waals surface area (Å²) in [6, 6.07) is 3.52. The van der Waals surface area contributed by atoms with Crippen LogP contribution in [-0.4, -0.2) is 48.7 Å². The number of carbonyl (C=O) groups is 2. The molecule has 2 aliphatic heterocycles. The molecular formula is C20H24BrClN2O4. The predicted octanol–water partition coefficient (Wildman–Crippen LogP) is 4.14. The van der Waals surface area contributed by atoms with Gasteiger partial charge in [-0.05, 0) is 37.5 Å². The lowest BCUT2D eigenvalue weighted by atomic mass is 9.86. The van der Waals surface area contributed by atoms with Gasteiger partial charge in [0.2, 0.25) is 0 Å². The first-order valence-electron chi connectivity index (χ1n) is 9.23. The van der Waals surface area contributed by atoms with Crippen LogP contribution >= 0.6 is 27.5 Å². The Morgan fingerprint density at radius 2 is 2.00 bits per heavy atom. The van der Waals surface area contributed by atoms with Gasteiger partial charge < -0.3 is 19.7 Å². The number of morpholine rings is 1. The third-order valence-corrected chi connectivity index (χ3v) is 6.26. The molecule has 2 amide bonds. The molecule has 0 aliphatic carbocycles. The van der Waals surface area contributed by atoms with Crippen molar-refractivity contribution in [3.05, 3.63) is 38.5 Å². The Morgan fingerprint density at radius 3 is 2.57 bits per heavy atom. The van der Waals surface area contributed by atoms with E-state index in [4.69, 9.17) is 21.1 Å². The van der Waals surface area contributed by atoms with Crippen molar-refractivity contribution in [3.8, 4) is 0 Å². The normalized spacial score (nSPS) is 22.7. The average molecular weight is 472 g/mol.